The molecule has 0 saturated carbocycles. The van der Waals surface area contributed by atoms with Gasteiger partial charge in [0.25, 0.3) is 0 Å². The average Bonchev–Trinajstić information content (AvgIpc) is 2.96. The van der Waals surface area contributed by atoms with E-state index in [1.165, 1.54) is 0 Å². The fourth-order valence-electron chi connectivity index (χ4n) is 2.08. The molecular weight excluding hydrogens is 312 g/mol. The molecule has 1 aromatic carbocycles. The van der Waals surface area contributed by atoms with Gasteiger partial charge in [-0.3, -0.25) is 4.40 Å². The Morgan fingerprint density at radius 3 is 2.74 bits per heavy atom. The topological polar surface area (TPSA) is 82.5 Å². The number of nitrogens with zero attached hydrogens (tertiary/aromatic N) is 3. The zero-order chi connectivity index (χ0) is 16.2. The lowest BCUT2D eigenvalue weighted by atomic mass is 10.1. The lowest BCUT2D eigenvalue weighted by Gasteiger charge is -2.04. The number of hydrogen-bond donors (Lipinski definition) is 1. The Hall–Kier alpha value is -2.54. The van der Waals surface area contributed by atoms with Crippen molar-refractivity contribution in [1.29, 1.82) is 0 Å². The van der Waals surface area contributed by atoms with Crippen molar-refractivity contribution in [2.75, 3.05) is 12.3 Å². The molecule has 0 aliphatic carbocycles. The van der Waals surface area contributed by atoms with Crippen LogP contribution in [0.2, 0.25) is 0 Å². The monoisotopic (exact) mass is 328 g/mol. The highest BCUT2D eigenvalue weighted by molar-refractivity contribution is 7.98. The van der Waals surface area contributed by atoms with Gasteiger partial charge >= 0.3 is 5.97 Å². The van der Waals surface area contributed by atoms with Crippen LogP contribution in [0.15, 0.2) is 47.8 Å². The van der Waals surface area contributed by atoms with Crippen molar-refractivity contribution in [1.82, 2.24) is 14.6 Å². The molecule has 2 aromatic heterocycles. The molecule has 0 amide bonds. The molecule has 0 spiro atoms. The molecule has 7 heteroatoms. The van der Waals surface area contributed by atoms with Crippen LogP contribution < -0.4 is 5.73 Å². The fourth-order valence-corrected chi connectivity index (χ4v) is 2.96. The summed E-state index contributed by atoms with van der Waals surface area (Å²) in [6.45, 7) is 2.16. The number of nitrogen functional groups attached to an aromatic ring is 1. The van der Waals surface area contributed by atoms with Gasteiger partial charge in [-0.25, -0.2) is 4.79 Å². The summed E-state index contributed by atoms with van der Waals surface area (Å²) in [4.78, 5) is 11.6. The van der Waals surface area contributed by atoms with Crippen LogP contribution in [0.4, 0.5) is 5.69 Å². The van der Waals surface area contributed by atoms with E-state index in [0.717, 1.165) is 22.1 Å². The smallest absolute Gasteiger partial charge is 0.338 e. The number of carbonyl (C=O) groups is 1. The molecule has 0 fully saturated rings. The summed E-state index contributed by atoms with van der Waals surface area (Å²) in [7, 11) is 0. The van der Waals surface area contributed by atoms with E-state index >= 15 is 0 Å². The molecule has 3 rings (SSSR count). The van der Waals surface area contributed by atoms with E-state index in [9.17, 15) is 4.79 Å². The first-order valence-electron chi connectivity index (χ1n) is 7.16. The summed E-state index contributed by atoms with van der Waals surface area (Å²) in [5, 5.41) is 9.05. The van der Waals surface area contributed by atoms with Crippen LogP contribution in [-0.4, -0.2) is 27.2 Å². The maximum atomic E-state index is 11.6. The Labute approximate surface area is 137 Å². The molecule has 0 saturated heterocycles. The molecule has 2 heterocycles. The van der Waals surface area contributed by atoms with Crippen molar-refractivity contribution >= 4 is 29.1 Å². The number of ether oxygens (including phenoxy) is 1. The highest BCUT2D eigenvalue weighted by Crippen LogP contribution is 2.22. The molecule has 23 heavy (non-hydrogen) atoms. The number of rotatable bonds is 5. The van der Waals surface area contributed by atoms with Crippen molar-refractivity contribution in [3.8, 4) is 0 Å². The summed E-state index contributed by atoms with van der Waals surface area (Å²) in [5.41, 5.74) is 8.87. The van der Waals surface area contributed by atoms with Gasteiger partial charge in [-0.05, 0) is 36.8 Å². The van der Waals surface area contributed by atoms with Gasteiger partial charge in [-0.15, -0.1) is 10.2 Å². The van der Waals surface area contributed by atoms with Crippen LogP contribution in [0.5, 0.6) is 0 Å². The SMILES string of the molecule is CCOC(=O)c1ccc(CSc2nnc3ccc(N)cn23)cc1. The van der Waals surface area contributed by atoms with Crippen LogP contribution in [0.3, 0.4) is 0 Å². The van der Waals surface area contributed by atoms with E-state index in [1.807, 2.05) is 28.8 Å². The molecule has 0 atom stereocenters. The Kier molecular flexibility index (Phi) is 4.47. The van der Waals surface area contributed by atoms with Gasteiger partial charge in [0.1, 0.15) is 0 Å². The molecule has 0 aliphatic rings. The number of hydrogen-bond acceptors (Lipinski definition) is 6. The third-order valence-corrected chi connectivity index (χ3v) is 4.24. The molecule has 118 valence electrons. The number of esters is 1. The van der Waals surface area contributed by atoms with Crippen LogP contribution in [0.25, 0.3) is 5.65 Å². The van der Waals surface area contributed by atoms with Gasteiger partial charge in [0.2, 0.25) is 0 Å². The minimum atomic E-state index is -0.300. The highest BCUT2D eigenvalue weighted by Gasteiger charge is 2.08. The summed E-state index contributed by atoms with van der Waals surface area (Å²) < 4.78 is 6.84. The van der Waals surface area contributed by atoms with E-state index < -0.39 is 0 Å². The Morgan fingerprint density at radius 2 is 2.00 bits per heavy atom. The van der Waals surface area contributed by atoms with E-state index in [-0.39, 0.29) is 5.97 Å². The number of anilines is 1. The van der Waals surface area contributed by atoms with Crippen molar-refractivity contribution in [2.45, 2.75) is 17.8 Å². The summed E-state index contributed by atoms with van der Waals surface area (Å²) in [5.74, 6) is 0.421. The quantitative estimate of drug-likeness (QED) is 0.573. The fraction of sp³-hybridized carbons (Fsp3) is 0.188. The zero-order valence-corrected chi connectivity index (χ0v) is 13.4. The van der Waals surface area contributed by atoms with Crippen LogP contribution >= 0.6 is 11.8 Å². The molecule has 2 N–H and O–H groups in total. The van der Waals surface area contributed by atoms with E-state index in [0.29, 0.717) is 17.9 Å². The van der Waals surface area contributed by atoms with Crippen molar-refractivity contribution in [2.24, 2.45) is 0 Å². The predicted octanol–water partition coefficient (Wildman–Crippen LogP) is 2.78. The summed E-state index contributed by atoms with van der Waals surface area (Å²) >= 11 is 1.56. The van der Waals surface area contributed by atoms with Crippen molar-refractivity contribution in [3.63, 3.8) is 0 Å². The Balaban J connectivity index is 1.70. The molecule has 0 bridgehead atoms. The molecule has 6 nitrogen and oxygen atoms in total. The minimum absolute atomic E-state index is 0.300. The van der Waals surface area contributed by atoms with Crippen LogP contribution in [-0.2, 0) is 10.5 Å². The third kappa shape index (κ3) is 3.45. The second-order valence-electron chi connectivity index (χ2n) is 4.88. The van der Waals surface area contributed by atoms with E-state index in [4.69, 9.17) is 10.5 Å². The van der Waals surface area contributed by atoms with Crippen LogP contribution in [0.1, 0.15) is 22.8 Å². The lowest BCUT2D eigenvalue weighted by molar-refractivity contribution is 0.0526. The molecule has 0 aliphatic heterocycles. The third-order valence-electron chi connectivity index (χ3n) is 3.23. The van der Waals surface area contributed by atoms with Gasteiger partial charge in [0, 0.05) is 17.6 Å². The lowest BCUT2D eigenvalue weighted by Crippen LogP contribution is -2.04. The molecule has 0 unspecified atom stereocenters. The summed E-state index contributed by atoms with van der Waals surface area (Å²) in [6, 6.07) is 11.0. The normalized spacial score (nSPS) is 10.8. The Morgan fingerprint density at radius 1 is 1.22 bits per heavy atom. The zero-order valence-electron chi connectivity index (χ0n) is 12.6. The first-order valence-corrected chi connectivity index (χ1v) is 8.15. The largest absolute Gasteiger partial charge is 0.462 e. The summed E-state index contributed by atoms with van der Waals surface area (Å²) in [6.07, 6.45) is 1.81. The van der Waals surface area contributed by atoms with Gasteiger partial charge in [0.05, 0.1) is 12.2 Å². The van der Waals surface area contributed by atoms with E-state index in [1.54, 1.807) is 36.9 Å². The minimum Gasteiger partial charge on any atom is -0.462 e. The van der Waals surface area contributed by atoms with Crippen molar-refractivity contribution in [3.05, 3.63) is 53.7 Å². The maximum absolute atomic E-state index is 11.6. The number of nitrogens with two attached hydrogens (primary N) is 1. The molecular formula is C16H16N4O2S. The molecule has 0 radical (unpaired) electrons. The number of aromatic nitrogens is 3. The Bertz CT molecular complexity index is 830. The number of carbonyl (C=O) groups excluding carboxylic acids is 1. The highest BCUT2D eigenvalue weighted by atomic mass is 32.2. The van der Waals surface area contributed by atoms with Crippen molar-refractivity contribution < 1.29 is 9.53 Å². The van der Waals surface area contributed by atoms with Gasteiger partial charge < -0.3 is 10.5 Å². The standard InChI is InChI=1S/C16H16N4O2S/c1-2-22-15(21)12-5-3-11(4-6-12)10-23-16-19-18-14-8-7-13(17)9-20(14)16/h3-9H,2,10,17H2,1H3. The van der Waals surface area contributed by atoms with E-state index in [2.05, 4.69) is 10.2 Å². The number of thioether (sulfide) groups is 1. The first-order chi connectivity index (χ1) is 11.2. The molecule has 3 aromatic rings. The number of pyridine rings is 1. The van der Waals surface area contributed by atoms with Crippen LogP contribution in [0, 0.1) is 0 Å². The number of fused-ring (bicyclic) bond motifs is 1. The second kappa shape index (κ2) is 6.70. The van der Waals surface area contributed by atoms with Gasteiger partial charge in [-0.2, -0.15) is 0 Å². The maximum Gasteiger partial charge on any atom is 0.338 e. The average molecular weight is 328 g/mol. The number of benzene rings is 1. The first kappa shape index (κ1) is 15.4. The second-order valence-corrected chi connectivity index (χ2v) is 5.82. The van der Waals surface area contributed by atoms with Gasteiger partial charge in [-0.1, -0.05) is 23.9 Å². The predicted molar refractivity (Wildman–Crippen MR) is 89.4 cm³/mol. The van der Waals surface area contributed by atoms with Gasteiger partial charge in [0.15, 0.2) is 10.8 Å².